The number of hydrogen-bond acceptors (Lipinski definition) is 3. The second kappa shape index (κ2) is 8.59. The van der Waals surface area contributed by atoms with Crippen molar-refractivity contribution >= 4 is 11.6 Å². The van der Waals surface area contributed by atoms with Gasteiger partial charge in [0.25, 0.3) is 5.91 Å². The summed E-state index contributed by atoms with van der Waals surface area (Å²) in [5.41, 5.74) is 1.76. The molecule has 0 aliphatic heterocycles. The number of amides is 1. The van der Waals surface area contributed by atoms with Crippen LogP contribution in [0.25, 0.3) is 0 Å². The molecule has 0 unspecified atom stereocenters. The summed E-state index contributed by atoms with van der Waals surface area (Å²) in [5.74, 6) is 0.510. The SMILES string of the molecule is CCNc1ccc(C(=O)N(CCOC)CC(C)C)cc1. The molecule has 112 valence electrons. The van der Waals surface area contributed by atoms with Gasteiger partial charge in [0, 0.05) is 38.0 Å². The zero-order valence-corrected chi connectivity index (χ0v) is 13.0. The predicted molar refractivity (Wildman–Crippen MR) is 83.2 cm³/mol. The zero-order valence-electron chi connectivity index (χ0n) is 13.0. The van der Waals surface area contributed by atoms with E-state index in [1.54, 1.807) is 7.11 Å². The zero-order chi connectivity index (χ0) is 15.0. The van der Waals surface area contributed by atoms with E-state index in [1.165, 1.54) is 0 Å². The molecule has 1 aromatic carbocycles. The highest BCUT2D eigenvalue weighted by Crippen LogP contribution is 2.12. The molecule has 0 bridgehead atoms. The molecule has 0 atom stereocenters. The van der Waals surface area contributed by atoms with Gasteiger partial charge in [0.15, 0.2) is 0 Å². The normalized spacial score (nSPS) is 10.7. The van der Waals surface area contributed by atoms with E-state index < -0.39 is 0 Å². The van der Waals surface area contributed by atoms with Crippen LogP contribution in [0.3, 0.4) is 0 Å². The maximum atomic E-state index is 12.5. The Kier molecular flexibility index (Phi) is 7.09. The van der Waals surface area contributed by atoms with Gasteiger partial charge in [0.05, 0.1) is 6.61 Å². The lowest BCUT2D eigenvalue weighted by atomic mass is 10.1. The van der Waals surface area contributed by atoms with Crippen molar-refractivity contribution in [3.8, 4) is 0 Å². The number of carbonyl (C=O) groups is 1. The van der Waals surface area contributed by atoms with Crippen molar-refractivity contribution in [1.29, 1.82) is 0 Å². The van der Waals surface area contributed by atoms with Gasteiger partial charge in [-0.05, 0) is 37.1 Å². The third-order valence-corrected chi connectivity index (χ3v) is 2.95. The van der Waals surface area contributed by atoms with Crippen LogP contribution < -0.4 is 5.32 Å². The number of nitrogens with one attached hydrogen (secondary N) is 1. The molecule has 1 rings (SSSR count). The Balaban J connectivity index is 2.76. The van der Waals surface area contributed by atoms with Gasteiger partial charge in [-0.25, -0.2) is 0 Å². The second-order valence-corrected chi connectivity index (χ2v) is 5.25. The third-order valence-electron chi connectivity index (χ3n) is 2.95. The number of anilines is 1. The molecule has 1 amide bonds. The van der Waals surface area contributed by atoms with Crippen molar-refractivity contribution in [3.63, 3.8) is 0 Å². The molecule has 0 fully saturated rings. The lowest BCUT2D eigenvalue weighted by Crippen LogP contribution is -2.36. The number of rotatable bonds is 8. The Bertz CT molecular complexity index is 401. The fourth-order valence-electron chi connectivity index (χ4n) is 2.04. The minimum absolute atomic E-state index is 0.0683. The molecule has 0 saturated carbocycles. The van der Waals surface area contributed by atoms with Crippen LogP contribution in [0.2, 0.25) is 0 Å². The van der Waals surface area contributed by atoms with E-state index in [0.717, 1.165) is 24.3 Å². The first-order valence-corrected chi connectivity index (χ1v) is 7.20. The van der Waals surface area contributed by atoms with Crippen molar-refractivity contribution in [2.75, 3.05) is 38.7 Å². The van der Waals surface area contributed by atoms with Crippen molar-refractivity contribution in [1.82, 2.24) is 4.90 Å². The number of ether oxygens (including phenoxy) is 1. The van der Waals surface area contributed by atoms with E-state index in [0.29, 0.717) is 19.1 Å². The minimum atomic E-state index is 0.0683. The summed E-state index contributed by atoms with van der Waals surface area (Å²) in [6.45, 7) is 9.09. The Morgan fingerprint density at radius 3 is 2.45 bits per heavy atom. The molecular formula is C16H26N2O2. The maximum absolute atomic E-state index is 12.5. The number of hydrogen-bond donors (Lipinski definition) is 1. The van der Waals surface area contributed by atoms with Crippen LogP contribution >= 0.6 is 0 Å². The lowest BCUT2D eigenvalue weighted by molar-refractivity contribution is 0.0672. The average Bonchev–Trinajstić information content (AvgIpc) is 2.43. The summed E-state index contributed by atoms with van der Waals surface area (Å²) >= 11 is 0. The highest BCUT2D eigenvalue weighted by Gasteiger charge is 2.16. The maximum Gasteiger partial charge on any atom is 0.253 e. The Labute approximate surface area is 122 Å². The van der Waals surface area contributed by atoms with E-state index >= 15 is 0 Å². The molecule has 0 aromatic heterocycles. The van der Waals surface area contributed by atoms with Crippen molar-refractivity contribution in [3.05, 3.63) is 29.8 Å². The van der Waals surface area contributed by atoms with Gasteiger partial charge in [0.1, 0.15) is 0 Å². The van der Waals surface area contributed by atoms with Crippen LogP contribution in [0.4, 0.5) is 5.69 Å². The fraction of sp³-hybridized carbons (Fsp3) is 0.562. The molecule has 20 heavy (non-hydrogen) atoms. The standard InChI is InChI=1S/C16H26N2O2/c1-5-17-15-8-6-14(7-9-15)16(19)18(10-11-20-4)12-13(2)3/h6-9,13,17H,5,10-12H2,1-4H3. The smallest absolute Gasteiger partial charge is 0.253 e. The summed E-state index contributed by atoms with van der Waals surface area (Å²) in [6.07, 6.45) is 0. The molecule has 1 aromatic rings. The van der Waals surface area contributed by atoms with E-state index in [9.17, 15) is 4.79 Å². The highest BCUT2D eigenvalue weighted by atomic mass is 16.5. The van der Waals surface area contributed by atoms with Crippen molar-refractivity contribution < 1.29 is 9.53 Å². The number of carbonyl (C=O) groups excluding carboxylic acids is 1. The molecule has 0 aliphatic rings. The largest absolute Gasteiger partial charge is 0.385 e. The summed E-state index contributed by atoms with van der Waals surface area (Å²) in [5, 5.41) is 3.22. The van der Waals surface area contributed by atoms with Gasteiger partial charge in [0.2, 0.25) is 0 Å². The highest BCUT2D eigenvalue weighted by molar-refractivity contribution is 5.94. The van der Waals surface area contributed by atoms with E-state index in [2.05, 4.69) is 19.2 Å². The van der Waals surface area contributed by atoms with Crippen LogP contribution in [0.1, 0.15) is 31.1 Å². The van der Waals surface area contributed by atoms with E-state index in [4.69, 9.17) is 4.74 Å². The summed E-state index contributed by atoms with van der Waals surface area (Å²) in [7, 11) is 1.66. The van der Waals surface area contributed by atoms with Crippen LogP contribution in [-0.2, 0) is 4.74 Å². The monoisotopic (exact) mass is 278 g/mol. The van der Waals surface area contributed by atoms with Gasteiger partial charge in [-0.3, -0.25) is 4.79 Å². The molecular weight excluding hydrogens is 252 g/mol. The Morgan fingerprint density at radius 2 is 1.95 bits per heavy atom. The molecule has 0 saturated heterocycles. The second-order valence-electron chi connectivity index (χ2n) is 5.25. The summed E-state index contributed by atoms with van der Waals surface area (Å²) in [6, 6.07) is 7.64. The first kappa shape index (κ1) is 16.5. The molecule has 0 spiro atoms. The predicted octanol–water partition coefficient (Wildman–Crippen LogP) is 2.86. The fourth-order valence-corrected chi connectivity index (χ4v) is 2.04. The van der Waals surface area contributed by atoms with Crippen LogP contribution in [0, 0.1) is 5.92 Å². The van der Waals surface area contributed by atoms with Gasteiger partial charge in [-0.2, -0.15) is 0 Å². The first-order valence-electron chi connectivity index (χ1n) is 7.20. The average molecular weight is 278 g/mol. The first-order chi connectivity index (χ1) is 9.58. The molecule has 4 heteroatoms. The van der Waals surface area contributed by atoms with E-state index in [1.807, 2.05) is 36.1 Å². The lowest BCUT2D eigenvalue weighted by Gasteiger charge is -2.24. The molecule has 0 aliphatic carbocycles. The molecule has 4 nitrogen and oxygen atoms in total. The quantitative estimate of drug-likeness (QED) is 0.795. The van der Waals surface area contributed by atoms with Crippen molar-refractivity contribution in [2.45, 2.75) is 20.8 Å². The van der Waals surface area contributed by atoms with Crippen LogP contribution in [0.15, 0.2) is 24.3 Å². The topological polar surface area (TPSA) is 41.6 Å². The van der Waals surface area contributed by atoms with Gasteiger partial charge < -0.3 is 15.0 Å². The summed E-state index contributed by atoms with van der Waals surface area (Å²) < 4.78 is 5.09. The van der Waals surface area contributed by atoms with Gasteiger partial charge in [-0.1, -0.05) is 13.8 Å². The third kappa shape index (κ3) is 5.21. The minimum Gasteiger partial charge on any atom is -0.385 e. The molecule has 0 heterocycles. The Morgan fingerprint density at radius 1 is 1.30 bits per heavy atom. The number of nitrogens with zero attached hydrogens (tertiary/aromatic N) is 1. The molecule has 0 radical (unpaired) electrons. The van der Waals surface area contributed by atoms with E-state index in [-0.39, 0.29) is 5.91 Å². The number of methoxy groups -OCH3 is 1. The van der Waals surface area contributed by atoms with Gasteiger partial charge in [-0.15, -0.1) is 0 Å². The van der Waals surface area contributed by atoms with Crippen LogP contribution in [0.5, 0.6) is 0 Å². The Hall–Kier alpha value is -1.55. The summed E-state index contributed by atoms with van der Waals surface area (Å²) in [4.78, 5) is 14.4. The van der Waals surface area contributed by atoms with Crippen molar-refractivity contribution in [2.24, 2.45) is 5.92 Å². The van der Waals surface area contributed by atoms with Crippen LogP contribution in [-0.4, -0.2) is 44.2 Å². The number of benzene rings is 1. The molecule has 1 N–H and O–H groups in total. The van der Waals surface area contributed by atoms with Gasteiger partial charge >= 0.3 is 0 Å².